The molecule has 2 aliphatic rings. The van der Waals surface area contributed by atoms with Crippen LogP contribution in [0.25, 0.3) is 0 Å². The molecule has 0 aliphatic carbocycles. The minimum Gasteiger partial charge on any atom is -0.493 e. The smallest absolute Gasteiger partial charge is 0.253 e. The number of morpholine rings is 1. The molecule has 2 aromatic rings. The third kappa shape index (κ3) is 6.44. The zero-order valence-corrected chi connectivity index (χ0v) is 21.6. The molecule has 0 bridgehead atoms. The zero-order valence-electron chi connectivity index (χ0n) is 21.6. The van der Waals surface area contributed by atoms with Gasteiger partial charge in [0.05, 0.1) is 19.8 Å². The number of likely N-dealkylation sites (tertiary alicyclic amines) is 1. The van der Waals surface area contributed by atoms with Crippen LogP contribution in [0.4, 0.5) is 4.39 Å². The second-order valence-electron chi connectivity index (χ2n) is 11.0. The summed E-state index contributed by atoms with van der Waals surface area (Å²) >= 11 is 0. The molecular weight excluding hydrogens is 459 g/mol. The Bertz CT molecular complexity index is 1030. The topological polar surface area (TPSA) is 59.1 Å². The van der Waals surface area contributed by atoms with Gasteiger partial charge in [-0.2, -0.15) is 0 Å². The van der Waals surface area contributed by atoms with Crippen molar-refractivity contribution in [1.82, 2.24) is 9.80 Å². The first-order chi connectivity index (χ1) is 17.2. The first kappa shape index (κ1) is 26.1. The van der Waals surface area contributed by atoms with E-state index in [1.807, 2.05) is 34.1 Å². The van der Waals surface area contributed by atoms with Crippen LogP contribution in [0.2, 0.25) is 0 Å². The van der Waals surface area contributed by atoms with Crippen molar-refractivity contribution < 1.29 is 23.5 Å². The van der Waals surface area contributed by atoms with Gasteiger partial charge in [0, 0.05) is 43.6 Å². The van der Waals surface area contributed by atoms with Gasteiger partial charge < -0.3 is 19.3 Å². The van der Waals surface area contributed by atoms with Crippen LogP contribution in [-0.4, -0.2) is 67.6 Å². The summed E-state index contributed by atoms with van der Waals surface area (Å²) in [6.07, 6.45) is 1.68. The molecular formula is C29H37FN2O4. The average Bonchev–Trinajstić information content (AvgIpc) is 2.88. The highest BCUT2D eigenvalue weighted by Gasteiger charge is 2.40. The molecule has 0 N–H and O–H groups in total. The minimum absolute atomic E-state index is 0.0167. The number of ether oxygens (including phenoxy) is 2. The van der Waals surface area contributed by atoms with Crippen LogP contribution in [0.1, 0.15) is 56.0 Å². The fraction of sp³-hybridized carbons (Fsp3) is 0.517. The SMILES string of the molecule is CC(C)(C)c1ccc(C(=O)N2CCC(COc3ccc(F)cc3)(CC(=O)N3CCOCC3)CC2)cc1. The van der Waals surface area contributed by atoms with Crippen molar-refractivity contribution >= 4 is 11.8 Å². The second kappa shape index (κ2) is 11.0. The first-order valence-electron chi connectivity index (χ1n) is 12.8. The molecule has 4 rings (SSSR count). The van der Waals surface area contributed by atoms with Gasteiger partial charge in [0.25, 0.3) is 5.91 Å². The van der Waals surface area contributed by atoms with E-state index in [2.05, 4.69) is 20.8 Å². The van der Waals surface area contributed by atoms with E-state index in [-0.39, 0.29) is 23.0 Å². The van der Waals surface area contributed by atoms with Crippen LogP contribution < -0.4 is 4.74 Å². The summed E-state index contributed by atoms with van der Waals surface area (Å²) in [5, 5.41) is 0. The number of carbonyl (C=O) groups excluding carboxylic acids is 2. The molecule has 0 spiro atoms. The van der Waals surface area contributed by atoms with Crippen molar-refractivity contribution in [3.05, 3.63) is 65.5 Å². The van der Waals surface area contributed by atoms with E-state index in [1.54, 1.807) is 12.1 Å². The lowest BCUT2D eigenvalue weighted by Gasteiger charge is -2.42. The van der Waals surface area contributed by atoms with E-state index < -0.39 is 5.41 Å². The molecule has 0 saturated carbocycles. The number of hydrogen-bond acceptors (Lipinski definition) is 4. The Labute approximate surface area is 213 Å². The molecule has 7 heteroatoms. The lowest BCUT2D eigenvalue weighted by molar-refractivity contribution is -0.139. The van der Waals surface area contributed by atoms with E-state index in [1.165, 1.54) is 17.7 Å². The predicted molar refractivity (Wildman–Crippen MR) is 137 cm³/mol. The van der Waals surface area contributed by atoms with Gasteiger partial charge in [-0.25, -0.2) is 4.39 Å². The van der Waals surface area contributed by atoms with Gasteiger partial charge in [0.2, 0.25) is 5.91 Å². The molecule has 194 valence electrons. The molecule has 2 saturated heterocycles. The molecule has 2 amide bonds. The lowest BCUT2D eigenvalue weighted by Crippen LogP contribution is -2.49. The van der Waals surface area contributed by atoms with Gasteiger partial charge in [-0.05, 0) is 60.2 Å². The maximum absolute atomic E-state index is 13.3. The quantitative estimate of drug-likeness (QED) is 0.583. The van der Waals surface area contributed by atoms with E-state index in [0.717, 1.165) is 0 Å². The summed E-state index contributed by atoms with van der Waals surface area (Å²) in [6.45, 7) is 10.2. The molecule has 0 radical (unpaired) electrons. The monoisotopic (exact) mass is 496 g/mol. The highest BCUT2D eigenvalue weighted by molar-refractivity contribution is 5.94. The number of halogens is 1. The van der Waals surface area contributed by atoms with Gasteiger partial charge >= 0.3 is 0 Å². The number of nitrogens with zero attached hydrogens (tertiary/aromatic N) is 2. The minimum atomic E-state index is -0.392. The Morgan fingerprint density at radius 2 is 1.53 bits per heavy atom. The highest BCUT2D eigenvalue weighted by atomic mass is 19.1. The normalized spacial score (nSPS) is 18.1. The number of piperidine rings is 1. The molecule has 2 aliphatic heterocycles. The van der Waals surface area contributed by atoms with E-state index in [9.17, 15) is 14.0 Å². The largest absolute Gasteiger partial charge is 0.493 e. The van der Waals surface area contributed by atoms with Crippen LogP contribution in [0, 0.1) is 11.2 Å². The van der Waals surface area contributed by atoms with E-state index in [0.29, 0.717) is 76.6 Å². The van der Waals surface area contributed by atoms with E-state index >= 15 is 0 Å². The molecule has 2 fully saturated rings. The summed E-state index contributed by atoms with van der Waals surface area (Å²) in [6, 6.07) is 13.8. The predicted octanol–water partition coefficient (Wildman–Crippen LogP) is 4.67. The van der Waals surface area contributed by atoms with Crippen LogP contribution in [0.3, 0.4) is 0 Å². The van der Waals surface area contributed by atoms with Crippen molar-refractivity contribution in [1.29, 1.82) is 0 Å². The van der Waals surface area contributed by atoms with Crippen LogP contribution >= 0.6 is 0 Å². The summed E-state index contributed by atoms with van der Waals surface area (Å²) < 4.78 is 24.8. The molecule has 0 atom stereocenters. The van der Waals surface area contributed by atoms with Gasteiger partial charge in [-0.15, -0.1) is 0 Å². The highest BCUT2D eigenvalue weighted by Crippen LogP contribution is 2.37. The standard InChI is InChI=1S/C29H37FN2O4/c1-28(2,3)23-6-4-22(5-7-23)27(34)32-14-12-29(13-15-32,20-26(33)31-16-18-35-19-17-31)21-36-25-10-8-24(30)9-11-25/h4-11H,12-21H2,1-3H3. The Balaban J connectivity index is 1.44. The van der Waals surface area contributed by atoms with E-state index in [4.69, 9.17) is 9.47 Å². The zero-order chi connectivity index (χ0) is 25.8. The maximum atomic E-state index is 13.3. The number of carbonyl (C=O) groups is 2. The van der Waals surface area contributed by atoms with Crippen LogP contribution in [0.5, 0.6) is 5.75 Å². The first-order valence-corrected chi connectivity index (χ1v) is 12.8. The summed E-state index contributed by atoms with van der Waals surface area (Å²) in [4.78, 5) is 30.1. The maximum Gasteiger partial charge on any atom is 0.253 e. The van der Waals surface area contributed by atoms with Crippen molar-refractivity contribution in [3.63, 3.8) is 0 Å². The Morgan fingerprint density at radius 3 is 2.11 bits per heavy atom. The Hall–Kier alpha value is -2.93. The molecule has 6 nitrogen and oxygen atoms in total. The summed E-state index contributed by atoms with van der Waals surface area (Å²) in [7, 11) is 0. The van der Waals surface area contributed by atoms with Crippen molar-refractivity contribution in [3.8, 4) is 5.75 Å². The van der Waals surface area contributed by atoms with Crippen LogP contribution in [0.15, 0.2) is 48.5 Å². The average molecular weight is 497 g/mol. The second-order valence-corrected chi connectivity index (χ2v) is 11.0. The number of amides is 2. The lowest BCUT2D eigenvalue weighted by atomic mass is 9.75. The van der Waals surface area contributed by atoms with Crippen molar-refractivity contribution in [2.24, 2.45) is 5.41 Å². The van der Waals surface area contributed by atoms with Gasteiger partial charge in [0.15, 0.2) is 0 Å². The third-order valence-electron chi connectivity index (χ3n) is 7.36. The number of hydrogen-bond donors (Lipinski definition) is 0. The number of benzene rings is 2. The van der Waals surface area contributed by atoms with Gasteiger partial charge in [-0.3, -0.25) is 9.59 Å². The fourth-order valence-corrected chi connectivity index (χ4v) is 4.86. The fourth-order valence-electron chi connectivity index (χ4n) is 4.86. The third-order valence-corrected chi connectivity index (χ3v) is 7.36. The van der Waals surface area contributed by atoms with Crippen molar-refractivity contribution in [2.45, 2.75) is 45.4 Å². The molecule has 2 aromatic carbocycles. The summed E-state index contributed by atoms with van der Waals surface area (Å²) in [5.41, 5.74) is 1.51. The summed E-state index contributed by atoms with van der Waals surface area (Å²) in [5.74, 6) is 0.371. The Morgan fingerprint density at radius 1 is 0.917 bits per heavy atom. The van der Waals surface area contributed by atoms with Crippen molar-refractivity contribution in [2.75, 3.05) is 46.0 Å². The number of rotatable bonds is 6. The molecule has 0 unspecified atom stereocenters. The Kier molecular flexibility index (Phi) is 7.98. The van der Waals surface area contributed by atoms with Gasteiger partial charge in [-0.1, -0.05) is 32.9 Å². The molecule has 0 aromatic heterocycles. The molecule has 36 heavy (non-hydrogen) atoms. The molecule has 2 heterocycles. The van der Waals surface area contributed by atoms with Crippen LogP contribution in [-0.2, 0) is 14.9 Å². The van der Waals surface area contributed by atoms with Gasteiger partial charge in [0.1, 0.15) is 11.6 Å².